The number of pyridine rings is 1. The maximum Gasteiger partial charge on any atom is 0.252 e. The summed E-state index contributed by atoms with van der Waals surface area (Å²) in [7, 11) is 3.27. The van der Waals surface area contributed by atoms with E-state index in [1.54, 1.807) is 14.2 Å². The zero-order valence-electron chi connectivity index (χ0n) is 23.7. The first kappa shape index (κ1) is 27.8. The molecule has 0 aliphatic carbocycles. The van der Waals surface area contributed by atoms with Gasteiger partial charge in [-0.2, -0.15) is 0 Å². The van der Waals surface area contributed by atoms with E-state index in [4.69, 9.17) is 14.2 Å². The van der Waals surface area contributed by atoms with Crippen molar-refractivity contribution < 1.29 is 14.2 Å². The van der Waals surface area contributed by atoms with E-state index in [0.29, 0.717) is 36.7 Å². The minimum atomic E-state index is -0.0934. The fraction of sp³-hybridized carbons (Fsp3) is 0.467. The van der Waals surface area contributed by atoms with E-state index in [-0.39, 0.29) is 17.7 Å². The van der Waals surface area contributed by atoms with Crippen LogP contribution in [0.5, 0.6) is 11.5 Å². The Morgan fingerprint density at radius 3 is 2.77 bits per heavy atom. The summed E-state index contributed by atoms with van der Waals surface area (Å²) in [4.78, 5) is 18.7. The molecule has 1 aliphatic rings. The van der Waals surface area contributed by atoms with Crippen LogP contribution in [-0.4, -0.2) is 63.6 Å². The van der Waals surface area contributed by atoms with Crippen molar-refractivity contribution in [2.45, 2.75) is 64.8 Å². The Bertz CT molecular complexity index is 1490. The van der Waals surface area contributed by atoms with Crippen LogP contribution in [0, 0.1) is 6.92 Å². The monoisotopic (exact) mass is 546 g/mol. The van der Waals surface area contributed by atoms with Gasteiger partial charge in [0.1, 0.15) is 0 Å². The highest BCUT2D eigenvalue weighted by Gasteiger charge is 2.28. The summed E-state index contributed by atoms with van der Waals surface area (Å²) >= 11 is 0. The molecule has 1 aliphatic heterocycles. The molecule has 1 saturated heterocycles. The third kappa shape index (κ3) is 6.03. The van der Waals surface area contributed by atoms with Gasteiger partial charge < -0.3 is 19.2 Å². The first-order valence-electron chi connectivity index (χ1n) is 13.9. The number of nitrogens with zero attached hydrogens (tertiary/aromatic N) is 5. The number of aromatic amines is 1. The van der Waals surface area contributed by atoms with E-state index in [1.807, 2.05) is 54.1 Å². The predicted octanol–water partition coefficient (Wildman–Crippen LogP) is 4.22. The van der Waals surface area contributed by atoms with E-state index in [9.17, 15) is 4.79 Å². The number of aryl methyl sites for hydroxylation is 1. The number of nitrogens with one attached hydrogen (secondary N) is 1. The predicted molar refractivity (Wildman–Crippen MR) is 153 cm³/mol. The van der Waals surface area contributed by atoms with Gasteiger partial charge in [0.15, 0.2) is 17.3 Å². The third-order valence-electron chi connectivity index (χ3n) is 7.76. The molecule has 212 valence electrons. The zero-order valence-corrected chi connectivity index (χ0v) is 23.7. The lowest BCUT2D eigenvalue weighted by Crippen LogP contribution is -2.34. The Balaban J connectivity index is 1.47. The van der Waals surface area contributed by atoms with Crippen LogP contribution in [0.4, 0.5) is 0 Å². The number of fused-ring (bicyclic) bond motifs is 1. The molecular formula is C30H38N6O4. The minimum Gasteiger partial charge on any atom is -0.493 e. The number of rotatable bonds is 12. The van der Waals surface area contributed by atoms with Gasteiger partial charge in [-0.3, -0.25) is 9.69 Å². The largest absolute Gasteiger partial charge is 0.493 e. The van der Waals surface area contributed by atoms with Crippen molar-refractivity contribution in [1.29, 1.82) is 0 Å². The van der Waals surface area contributed by atoms with Gasteiger partial charge in [-0.05, 0) is 77.7 Å². The SMILES string of the molecule is CC[C@@H](c1nnnn1C[C@@H]1CCCO1)N(CCc1ccc(OC)c(OC)c1)Cc1cc2cccc(C)c2[nH]c1=O. The van der Waals surface area contributed by atoms with E-state index < -0.39 is 0 Å². The van der Waals surface area contributed by atoms with Gasteiger partial charge in [0.2, 0.25) is 0 Å². The number of tetrazole rings is 1. The van der Waals surface area contributed by atoms with Gasteiger partial charge in [-0.1, -0.05) is 31.2 Å². The van der Waals surface area contributed by atoms with Crippen molar-refractivity contribution in [2.75, 3.05) is 27.4 Å². The van der Waals surface area contributed by atoms with Crippen molar-refractivity contribution >= 4 is 10.9 Å². The molecule has 0 bridgehead atoms. The van der Waals surface area contributed by atoms with E-state index in [1.165, 1.54) is 0 Å². The van der Waals surface area contributed by atoms with Crippen LogP contribution in [0.15, 0.2) is 47.3 Å². The lowest BCUT2D eigenvalue weighted by molar-refractivity contribution is 0.0893. The smallest absolute Gasteiger partial charge is 0.252 e. The minimum absolute atomic E-state index is 0.0771. The molecule has 10 heteroatoms. The Hall–Kier alpha value is -3.76. The number of benzene rings is 2. The lowest BCUT2D eigenvalue weighted by atomic mass is 10.1. The lowest BCUT2D eigenvalue weighted by Gasteiger charge is -2.30. The van der Waals surface area contributed by atoms with Gasteiger partial charge in [-0.15, -0.1) is 5.10 Å². The summed E-state index contributed by atoms with van der Waals surface area (Å²) in [5, 5.41) is 13.8. The molecule has 4 aromatic rings. The van der Waals surface area contributed by atoms with Gasteiger partial charge in [0.05, 0.1) is 38.4 Å². The molecule has 1 N–H and O–H groups in total. The highest BCUT2D eigenvalue weighted by atomic mass is 16.5. The summed E-state index contributed by atoms with van der Waals surface area (Å²) < 4.78 is 18.7. The Morgan fingerprint density at radius 2 is 2.02 bits per heavy atom. The van der Waals surface area contributed by atoms with Crippen molar-refractivity contribution in [3.8, 4) is 11.5 Å². The van der Waals surface area contributed by atoms with Gasteiger partial charge >= 0.3 is 0 Å². The van der Waals surface area contributed by atoms with Gasteiger partial charge in [0.25, 0.3) is 5.56 Å². The highest BCUT2D eigenvalue weighted by Crippen LogP contribution is 2.30. The highest BCUT2D eigenvalue weighted by molar-refractivity contribution is 5.81. The molecule has 2 aromatic carbocycles. The van der Waals surface area contributed by atoms with E-state index >= 15 is 0 Å². The van der Waals surface area contributed by atoms with E-state index in [2.05, 4.69) is 32.3 Å². The molecule has 2 atom stereocenters. The van der Waals surface area contributed by atoms with Crippen molar-refractivity contribution in [3.05, 3.63) is 75.3 Å². The molecule has 0 unspecified atom stereocenters. The second-order valence-electron chi connectivity index (χ2n) is 10.4. The molecule has 0 spiro atoms. The number of hydrogen-bond acceptors (Lipinski definition) is 8. The van der Waals surface area contributed by atoms with Crippen LogP contribution in [0.2, 0.25) is 0 Å². The van der Waals surface area contributed by atoms with Crippen LogP contribution >= 0.6 is 0 Å². The van der Waals surface area contributed by atoms with Crippen LogP contribution in [0.25, 0.3) is 10.9 Å². The molecule has 10 nitrogen and oxygen atoms in total. The number of ether oxygens (including phenoxy) is 3. The molecule has 5 rings (SSSR count). The van der Waals surface area contributed by atoms with Gasteiger partial charge in [-0.25, -0.2) is 4.68 Å². The molecule has 0 saturated carbocycles. The number of hydrogen-bond donors (Lipinski definition) is 1. The quantitative estimate of drug-likeness (QED) is 0.282. The second kappa shape index (κ2) is 12.6. The molecule has 0 amide bonds. The van der Waals surface area contributed by atoms with Crippen LogP contribution < -0.4 is 15.0 Å². The van der Waals surface area contributed by atoms with Crippen molar-refractivity contribution in [3.63, 3.8) is 0 Å². The first-order chi connectivity index (χ1) is 19.5. The number of methoxy groups -OCH3 is 2. The maximum atomic E-state index is 13.3. The molecule has 2 aromatic heterocycles. The van der Waals surface area contributed by atoms with Crippen molar-refractivity contribution in [1.82, 2.24) is 30.1 Å². The summed E-state index contributed by atoms with van der Waals surface area (Å²) in [5.41, 5.74) is 3.67. The summed E-state index contributed by atoms with van der Waals surface area (Å²) in [6.45, 7) is 6.69. The number of H-pyrrole nitrogens is 1. The average molecular weight is 547 g/mol. The molecular weight excluding hydrogens is 508 g/mol. The van der Waals surface area contributed by atoms with Gasteiger partial charge in [0, 0.05) is 25.3 Å². The standard InChI is InChI=1S/C30H38N6O4/c1-5-25(29-32-33-34-36(29)19-24-10-7-15-40-24)35(14-13-21-11-12-26(38-3)27(16-21)39-4)18-23-17-22-9-6-8-20(2)28(22)31-30(23)37/h6,8-9,11-12,16-17,24-25H,5,7,10,13-15,18-19H2,1-4H3,(H,31,37)/t24-,25-/m0/s1. The molecule has 40 heavy (non-hydrogen) atoms. The number of aromatic nitrogens is 5. The topological polar surface area (TPSA) is 107 Å². The fourth-order valence-corrected chi connectivity index (χ4v) is 5.58. The van der Waals surface area contributed by atoms with Crippen LogP contribution in [0.1, 0.15) is 54.7 Å². The zero-order chi connectivity index (χ0) is 28.1. The molecule has 1 fully saturated rings. The molecule has 3 heterocycles. The second-order valence-corrected chi connectivity index (χ2v) is 10.4. The van der Waals surface area contributed by atoms with Crippen LogP contribution in [-0.2, 0) is 24.2 Å². The summed E-state index contributed by atoms with van der Waals surface area (Å²) in [6, 6.07) is 14.0. The Kier molecular flexibility index (Phi) is 8.76. The number of para-hydroxylation sites is 1. The fourth-order valence-electron chi connectivity index (χ4n) is 5.58. The van der Waals surface area contributed by atoms with Crippen LogP contribution in [0.3, 0.4) is 0 Å². The Morgan fingerprint density at radius 1 is 1.18 bits per heavy atom. The van der Waals surface area contributed by atoms with Crippen molar-refractivity contribution in [2.24, 2.45) is 0 Å². The molecule has 0 radical (unpaired) electrons. The third-order valence-corrected chi connectivity index (χ3v) is 7.76. The van der Waals surface area contributed by atoms with E-state index in [0.717, 1.165) is 60.1 Å². The summed E-state index contributed by atoms with van der Waals surface area (Å²) in [5.74, 6) is 2.18. The normalized spacial score (nSPS) is 16.1. The summed E-state index contributed by atoms with van der Waals surface area (Å²) in [6.07, 6.45) is 3.70. The Labute approximate surface area is 234 Å². The maximum absolute atomic E-state index is 13.3. The average Bonchev–Trinajstić information content (AvgIpc) is 3.65. The first-order valence-corrected chi connectivity index (χ1v) is 13.9.